The van der Waals surface area contributed by atoms with Gasteiger partial charge < -0.3 is 14.7 Å². The number of benzene rings is 2. The lowest BCUT2D eigenvalue weighted by Gasteiger charge is -2.41. The summed E-state index contributed by atoms with van der Waals surface area (Å²) >= 11 is 8.32. The van der Waals surface area contributed by atoms with Crippen LogP contribution in [0.25, 0.3) is 10.9 Å². The molecule has 3 aromatic rings. The minimum atomic E-state index is -0.188. The molecule has 1 saturated heterocycles. The van der Waals surface area contributed by atoms with Gasteiger partial charge in [0.1, 0.15) is 11.6 Å². The van der Waals surface area contributed by atoms with Crippen molar-refractivity contribution in [3.05, 3.63) is 65.1 Å². The van der Waals surface area contributed by atoms with E-state index in [4.69, 9.17) is 16.3 Å². The third kappa shape index (κ3) is 6.88. The highest BCUT2D eigenvalue weighted by molar-refractivity contribution is 7.99. The number of hydrogen-bond acceptors (Lipinski definition) is 5. The number of piperidine rings is 1. The van der Waals surface area contributed by atoms with E-state index in [1.807, 2.05) is 30.3 Å². The van der Waals surface area contributed by atoms with Gasteiger partial charge in [-0.05, 0) is 117 Å². The van der Waals surface area contributed by atoms with Gasteiger partial charge in [-0.15, -0.1) is 11.8 Å². The summed E-state index contributed by atoms with van der Waals surface area (Å²) in [6, 6.07) is 12.6. The number of likely N-dealkylation sites (tertiary alicyclic amines) is 1. The molecule has 0 unspecified atom stereocenters. The van der Waals surface area contributed by atoms with Crippen LogP contribution in [0.1, 0.15) is 37.7 Å². The van der Waals surface area contributed by atoms with Crippen molar-refractivity contribution in [1.82, 2.24) is 9.88 Å². The molecule has 188 valence electrons. The number of aryl methyl sites for hydroxylation is 1. The zero-order valence-electron chi connectivity index (χ0n) is 20.3. The Bertz CT molecular complexity index is 1100. The van der Waals surface area contributed by atoms with E-state index >= 15 is 0 Å². The monoisotopic (exact) mass is 516 g/mol. The zero-order chi connectivity index (χ0) is 24.7. The molecule has 4 nitrogen and oxygen atoms in total. The molecule has 0 spiro atoms. The van der Waals surface area contributed by atoms with E-state index < -0.39 is 0 Å². The molecule has 1 aliphatic heterocycles. The molecule has 0 radical (unpaired) electrons. The van der Waals surface area contributed by atoms with E-state index in [1.165, 1.54) is 12.1 Å². The lowest BCUT2D eigenvalue weighted by molar-refractivity contribution is 0.0358. The summed E-state index contributed by atoms with van der Waals surface area (Å²) in [5.41, 5.74) is 2.03. The van der Waals surface area contributed by atoms with Gasteiger partial charge in [0.05, 0.1) is 17.6 Å². The van der Waals surface area contributed by atoms with Gasteiger partial charge in [0.25, 0.3) is 0 Å². The van der Waals surface area contributed by atoms with E-state index in [0.717, 1.165) is 91.0 Å². The number of ether oxygens (including phenoxy) is 1. The number of nitrogens with zero attached hydrogens (tertiary/aromatic N) is 2. The first kappa shape index (κ1) is 26.2. The third-order valence-corrected chi connectivity index (χ3v) is 8.65. The summed E-state index contributed by atoms with van der Waals surface area (Å²) in [5, 5.41) is 12.0. The molecule has 0 aliphatic carbocycles. The number of fused-ring (bicyclic) bond motifs is 1. The Kier molecular flexibility index (Phi) is 9.28. The Labute approximate surface area is 216 Å². The van der Waals surface area contributed by atoms with E-state index in [0.29, 0.717) is 5.02 Å². The minimum Gasteiger partial charge on any atom is -0.497 e. The van der Waals surface area contributed by atoms with Gasteiger partial charge in [-0.25, -0.2) is 4.39 Å². The van der Waals surface area contributed by atoms with Gasteiger partial charge in [0.2, 0.25) is 0 Å². The fourth-order valence-electron chi connectivity index (χ4n) is 4.97. The predicted octanol–water partition coefficient (Wildman–Crippen LogP) is 6.62. The van der Waals surface area contributed by atoms with Gasteiger partial charge in [0.15, 0.2) is 0 Å². The number of aliphatic hydroxyl groups is 1. The smallest absolute Gasteiger partial charge is 0.123 e. The molecule has 4 rings (SSSR count). The molecule has 0 amide bonds. The fraction of sp³-hybridized carbons (Fsp3) is 0.464. The van der Waals surface area contributed by atoms with Crippen molar-refractivity contribution < 1.29 is 14.2 Å². The third-order valence-electron chi connectivity index (χ3n) is 7.22. The van der Waals surface area contributed by atoms with Gasteiger partial charge in [-0.3, -0.25) is 4.98 Å². The van der Waals surface area contributed by atoms with Crippen molar-refractivity contribution in [1.29, 1.82) is 0 Å². The molecule has 7 heteroatoms. The molecular formula is C28H34ClFN2O2S. The summed E-state index contributed by atoms with van der Waals surface area (Å²) < 4.78 is 18.4. The van der Waals surface area contributed by atoms with Crippen molar-refractivity contribution in [2.45, 2.75) is 43.4 Å². The molecule has 1 aromatic heterocycles. The lowest BCUT2D eigenvalue weighted by Crippen LogP contribution is -2.42. The maximum absolute atomic E-state index is 13.0. The maximum Gasteiger partial charge on any atom is 0.123 e. The van der Waals surface area contributed by atoms with Crippen LogP contribution < -0.4 is 4.74 Å². The number of hydrogen-bond donors (Lipinski definition) is 1. The Balaban J connectivity index is 1.25. The van der Waals surface area contributed by atoms with Crippen LogP contribution in [0.15, 0.2) is 53.6 Å². The summed E-state index contributed by atoms with van der Waals surface area (Å²) in [5.74, 6) is 1.64. The molecule has 0 bridgehead atoms. The second-order valence-corrected chi connectivity index (χ2v) is 11.1. The number of rotatable bonds is 11. The normalized spacial score (nSPS) is 16.0. The number of halogens is 2. The first-order chi connectivity index (χ1) is 17.0. The zero-order valence-corrected chi connectivity index (χ0v) is 21.9. The van der Waals surface area contributed by atoms with Crippen LogP contribution in [-0.4, -0.2) is 54.1 Å². The number of thioether (sulfide) groups is 1. The van der Waals surface area contributed by atoms with Crippen molar-refractivity contribution in [3.63, 3.8) is 0 Å². The van der Waals surface area contributed by atoms with Crippen LogP contribution in [-0.2, 0) is 6.42 Å². The SMILES string of the molecule is COc1ccc2ncc(Cl)c(CCCC3(CO)CCN(CCCSc4ccc(F)cc4)CC3)c2c1. The topological polar surface area (TPSA) is 45.6 Å². The number of aromatic nitrogens is 1. The molecule has 2 aromatic carbocycles. The van der Waals surface area contributed by atoms with E-state index in [-0.39, 0.29) is 17.8 Å². The van der Waals surface area contributed by atoms with Crippen molar-refractivity contribution in [2.75, 3.05) is 39.1 Å². The first-order valence-electron chi connectivity index (χ1n) is 12.3. The Morgan fingerprint density at radius 1 is 1.14 bits per heavy atom. The van der Waals surface area contributed by atoms with Crippen LogP contribution in [0.3, 0.4) is 0 Å². The summed E-state index contributed by atoms with van der Waals surface area (Å²) in [7, 11) is 1.67. The fourth-order valence-corrected chi connectivity index (χ4v) is 6.05. The van der Waals surface area contributed by atoms with E-state index in [9.17, 15) is 9.50 Å². The molecule has 0 saturated carbocycles. The van der Waals surface area contributed by atoms with Crippen LogP contribution in [0, 0.1) is 11.2 Å². The number of methoxy groups -OCH3 is 1. The second kappa shape index (κ2) is 12.4. The minimum absolute atomic E-state index is 0.00758. The molecule has 1 N–H and O–H groups in total. The van der Waals surface area contributed by atoms with Gasteiger partial charge >= 0.3 is 0 Å². The Hall–Kier alpha value is -1.86. The van der Waals surface area contributed by atoms with Crippen LogP contribution in [0.5, 0.6) is 5.75 Å². The highest BCUT2D eigenvalue weighted by Crippen LogP contribution is 2.37. The largest absolute Gasteiger partial charge is 0.497 e. The van der Waals surface area contributed by atoms with Crippen molar-refractivity contribution >= 4 is 34.3 Å². The molecule has 0 atom stereocenters. The summed E-state index contributed by atoms with van der Waals surface area (Å²) in [4.78, 5) is 8.08. The Morgan fingerprint density at radius 2 is 1.91 bits per heavy atom. The van der Waals surface area contributed by atoms with Gasteiger partial charge in [-0.2, -0.15) is 0 Å². The van der Waals surface area contributed by atoms with Crippen LogP contribution >= 0.6 is 23.4 Å². The first-order valence-corrected chi connectivity index (χ1v) is 13.7. The Morgan fingerprint density at radius 3 is 2.63 bits per heavy atom. The predicted molar refractivity (Wildman–Crippen MR) is 143 cm³/mol. The highest BCUT2D eigenvalue weighted by Gasteiger charge is 2.33. The second-order valence-electron chi connectivity index (χ2n) is 9.48. The lowest BCUT2D eigenvalue weighted by atomic mass is 9.75. The molecule has 1 fully saturated rings. The van der Waals surface area contributed by atoms with Gasteiger partial charge in [0, 0.05) is 23.1 Å². The van der Waals surface area contributed by atoms with Crippen LogP contribution in [0.2, 0.25) is 5.02 Å². The van der Waals surface area contributed by atoms with E-state index in [1.54, 1.807) is 25.1 Å². The van der Waals surface area contributed by atoms with Crippen LogP contribution in [0.4, 0.5) is 4.39 Å². The average Bonchev–Trinajstić information content (AvgIpc) is 2.89. The summed E-state index contributed by atoms with van der Waals surface area (Å²) in [6.45, 7) is 3.35. The quantitative estimate of drug-likeness (QED) is 0.229. The van der Waals surface area contributed by atoms with E-state index in [2.05, 4.69) is 9.88 Å². The van der Waals surface area contributed by atoms with Gasteiger partial charge in [-0.1, -0.05) is 11.6 Å². The average molecular weight is 517 g/mol. The molecular weight excluding hydrogens is 483 g/mol. The van der Waals surface area contributed by atoms with Crippen molar-refractivity contribution in [3.8, 4) is 5.75 Å². The van der Waals surface area contributed by atoms with Crippen molar-refractivity contribution in [2.24, 2.45) is 5.41 Å². The number of pyridine rings is 1. The number of aliphatic hydroxyl groups excluding tert-OH is 1. The maximum atomic E-state index is 13.0. The standard InChI is InChI=1S/C28H34ClFN2O2S/c1-34-22-7-10-27-25(18-22)24(26(29)19-31-27)4-2-11-28(20-33)12-15-32(16-13-28)14-3-17-35-23-8-5-21(30)6-9-23/h5-10,18-19,33H,2-4,11-17,20H2,1H3. The highest BCUT2D eigenvalue weighted by atomic mass is 35.5. The summed E-state index contributed by atoms with van der Waals surface area (Å²) in [6.07, 6.45) is 7.70. The molecule has 35 heavy (non-hydrogen) atoms. The molecule has 1 aliphatic rings. The molecule has 2 heterocycles.